The third-order valence-electron chi connectivity index (χ3n) is 3.56. The molecule has 1 saturated heterocycles. The molecule has 0 bridgehead atoms. The van der Waals surface area contributed by atoms with Crippen LogP contribution in [0, 0.1) is 6.92 Å². The van der Waals surface area contributed by atoms with Crippen LogP contribution in [0.1, 0.15) is 12.0 Å². The Kier molecular flexibility index (Phi) is 6.36. The molecule has 1 aliphatic rings. The van der Waals surface area contributed by atoms with Gasteiger partial charge in [0.05, 0.1) is 13.2 Å². The van der Waals surface area contributed by atoms with Gasteiger partial charge in [-0.05, 0) is 32.0 Å². The maximum Gasteiger partial charge on any atom is 0.313 e. The van der Waals surface area contributed by atoms with Gasteiger partial charge in [-0.1, -0.05) is 17.7 Å². The molecule has 0 unspecified atom stereocenters. The Bertz CT molecular complexity index is 496. The van der Waals surface area contributed by atoms with Crippen LogP contribution in [0.25, 0.3) is 0 Å². The molecule has 2 rings (SSSR count). The first-order valence-corrected chi connectivity index (χ1v) is 7.61. The molecule has 1 aromatic rings. The largest absolute Gasteiger partial charge is 0.379 e. The number of anilines is 1. The van der Waals surface area contributed by atoms with Crippen LogP contribution in [0.2, 0.25) is 0 Å². The molecule has 2 amide bonds. The summed E-state index contributed by atoms with van der Waals surface area (Å²) in [6.45, 7) is 6.77. The fraction of sp³-hybridized carbons (Fsp3) is 0.500. The highest BCUT2D eigenvalue weighted by atomic mass is 16.5. The molecule has 6 nitrogen and oxygen atoms in total. The maximum absolute atomic E-state index is 11.7. The van der Waals surface area contributed by atoms with E-state index in [1.807, 2.05) is 19.1 Å². The van der Waals surface area contributed by atoms with Crippen LogP contribution in [0.15, 0.2) is 24.3 Å². The number of hydrogen-bond donors (Lipinski definition) is 2. The van der Waals surface area contributed by atoms with E-state index in [1.54, 1.807) is 12.1 Å². The molecule has 120 valence electrons. The van der Waals surface area contributed by atoms with Crippen LogP contribution in [-0.4, -0.2) is 56.1 Å². The molecule has 6 heteroatoms. The summed E-state index contributed by atoms with van der Waals surface area (Å²) in [4.78, 5) is 25.7. The van der Waals surface area contributed by atoms with Crippen LogP contribution in [0.4, 0.5) is 5.69 Å². The molecule has 1 fully saturated rings. The van der Waals surface area contributed by atoms with Crippen molar-refractivity contribution in [1.29, 1.82) is 0 Å². The van der Waals surface area contributed by atoms with Crippen LogP contribution < -0.4 is 10.6 Å². The van der Waals surface area contributed by atoms with Gasteiger partial charge < -0.3 is 15.4 Å². The van der Waals surface area contributed by atoms with Gasteiger partial charge in [0.15, 0.2) is 0 Å². The first-order valence-electron chi connectivity index (χ1n) is 7.61. The average Bonchev–Trinajstić information content (AvgIpc) is 2.54. The Balaban J connectivity index is 1.63. The SMILES string of the molecule is Cc1ccc(NC(=O)C(=O)NCCCN2CCOCC2)cc1. The van der Waals surface area contributed by atoms with Gasteiger partial charge in [-0.2, -0.15) is 0 Å². The predicted octanol–water partition coefficient (Wildman–Crippen LogP) is 0.772. The molecule has 22 heavy (non-hydrogen) atoms. The molecule has 1 aliphatic heterocycles. The lowest BCUT2D eigenvalue weighted by atomic mass is 10.2. The third kappa shape index (κ3) is 5.46. The van der Waals surface area contributed by atoms with Crippen molar-refractivity contribution in [3.63, 3.8) is 0 Å². The lowest BCUT2D eigenvalue weighted by Crippen LogP contribution is -2.39. The minimum absolute atomic E-state index is 0.498. The smallest absolute Gasteiger partial charge is 0.313 e. The second kappa shape index (κ2) is 8.51. The number of nitrogens with zero attached hydrogens (tertiary/aromatic N) is 1. The Morgan fingerprint density at radius 3 is 2.50 bits per heavy atom. The highest BCUT2D eigenvalue weighted by Gasteiger charge is 2.14. The minimum atomic E-state index is -0.629. The summed E-state index contributed by atoms with van der Waals surface area (Å²) in [5, 5.41) is 5.23. The molecular weight excluding hydrogens is 282 g/mol. The summed E-state index contributed by atoms with van der Waals surface area (Å²) in [5.41, 5.74) is 1.73. The molecule has 0 aromatic heterocycles. The van der Waals surface area contributed by atoms with Gasteiger partial charge in [0, 0.05) is 25.3 Å². The van der Waals surface area contributed by atoms with E-state index in [1.165, 1.54) is 0 Å². The van der Waals surface area contributed by atoms with E-state index in [0.29, 0.717) is 12.2 Å². The highest BCUT2D eigenvalue weighted by Crippen LogP contribution is 2.08. The van der Waals surface area contributed by atoms with Gasteiger partial charge in [0.25, 0.3) is 0 Å². The normalized spacial score (nSPS) is 15.3. The number of amides is 2. The van der Waals surface area contributed by atoms with Crippen LogP contribution in [0.5, 0.6) is 0 Å². The number of carbonyl (C=O) groups is 2. The zero-order chi connectivity index (χ0) is 15.8. The van der Waals surface area contributed by atoms with E-state index in [9.17, 15) is 9.59 Å². The van der Waals surface area contributed by atoms with Crippen molar-refractivity contribution in [2.45, 2.75) is 13.3 Å². The monoisotopic (exact) mass is 305 g/mol. The van der Waals surface area contributed by atoms with E-state index in [-0.39, 0.29) is 0 Å². The zero-order valence-corrected chi connectivity index (χ0v) is 12.9. The number of rotatable bonds is 5. The Labute approximate surface area is 130 Å². The van der Waals surface area contributed by atoms with Crippen molar-refractivity contribution in [2.24, 2.45) is 0 Å². The highest BCUT2D eigenvalue weighted by molar-refractivity contribution is 6.39. The van der Waals surface area contributed by atoms with E-state index in [2.05, 4.69) is 15.5 Å². The topological polar surface area (TPSA) is 70.7 Å². The summed E-state index contributed by atoms with van der Waals surface area (Å²) in [6, 6.07) is 7.32. The number of nitrogens with one attached hydrogen (secondary N) is 2. The fourth-order valence-electron chi connectivity index (χ4n) is 2.23. The molecule has 2 N–H and O–H groups in total. The van der Waals surface area contributed by atoms with Crippen molar-refractivity contribution in [3.05, 3.63) is 29.8 Å². The second-order valence-corrected chi connectivity index (χ2v) is 5.38. The van der Waals surface area contributed by atoms with E-state index in [4.69, 9.17) is 4.74 Å². The number of benzene rings is 1. The molecule has 0 saturated carbocycles. The van der Waals surface area contributed by atoms with Crippen LogP contribution in [0.3, 0.4) is 0 Å². The number of carbonyl (C=O) groups excluding carboxylic acids is 2. The maximum atomic E-state index is 11.7. The molecule has 1 aromatic carbocycles. The summed E-state index contributed by atoms with van der Waals surface area (Å²) in [5.74, 6) is -1.22. The van der Waals surface area contributed by atoms with Gasteiger partial charge in [-0.25, -0.2) is 0 Å². The molecule has 1 heterocycles. The molecule has 0 spiro atoms. The Morgan fingerprint density at radius 2 is 1.82 bits per heavy atom. The van der Waals surface area contributed by atoms with Crippen molar-refractivity contribution >= 4 is 17.5 Å². The minimum Gasteiger partial charge on any atom is -0.379 e. The quantitative estimate of drug-likeness (QED) is 0.623. The Hall–Kier alpha value is -1.92. The summed E-state index contributed by atoms with van der Waals surface area (Å²) in [7, 11) is 0. The van der Waals surface area contributed by atoms with E-state index >= 15 is 0 Å². The molecule has 0 aliphatic carbocycles. The van der Waals surface area contributed by atoms with Crippen LogP contribution >= 0.6 is 0 Å². The lowest BCUT2D eigenvalue weighted by Gasteiger charge is -2.26. The van der Waals surface area contributed by atoms with Gasteiger partial charge in [-0.3, -0.25) is 14.5 Å². The number of hydrogen-bond acceptors (Lipinski definition) is 4. The standard InChI is InChI=1S/C16H23N3O3/c1-13-3-5-14(6-4-13)18-16(21)15(20)17-7-2-8-19-9-11-22-12-10-19/h3-6H,2,7-12H2,1H3,(H,17,20)(H,18,21). The molecular formula is C16H23N3O3. The predicted molar refractivity (Wildman–Crippen MR) is 84.7 cm³/mol. The van der Waals surface area contributed by atoms with E-state index in [0.717, 1.165) is 44.8 Å². The van der Waals surface area contributed by atoms with Crippen molar-refractivity contribution in [2.75, 3.05) is 44.7 Å². The van der Waals surface area contributed by atoms with Crippen molar-refractivity contribution < 1.29 is 14.3 Å². The van der Waals surface area contributed by atoms with Crippen molar-refractivity contribution in [3.8, 4) is 0 Å². The molecule has 0 radical (unpaired) electrons. The zero-order valence-electron chi connectivity index (χ0n) is 12.9. The number of aryl methyl sites for hydroxylation is 1. The second-order valence-electron chi connectivity index (χ2n) is 5.38. The van der Waals surface area contributed by atoms with Gasteiger partial charge >= 0.3 is 11.8 Å². The van der Waals surface area contributed by atoms with Crippen molar-refractivity contribution in [1.82, 2.24) is 10.2 Å². The number of ether oxygens (including phenoxy) is 1. The fourth-order valence-corrected chi connectivity index (χ4v) is 2.23. The van der Waals surface area contributed by atoms with Gasteiger partial charge in [-0.15, -0.1) is 0 Å². The third-order valence-corrected chi connectivity index (χ3v) is 3.56. The van der Waals surface area contributed by atoms with Gasteiger partial charge in [0.1, 0.15) is 0 Å². The first kappa shape index (κ1) is 16.5. The Morgan fingerprint density at radius 1 is 1.14 bits per heavy atom. The average molecular weight is 305 g/mol. The summed E-state index contributed by atoms with van der Waals surface area (Å²) < 4.78 is 5.28. The summed E-state index contributed by atoms with van der Waals surface area (Å²) in [6.07, 6.45) is 0.823. The molecule has 0 atom stereocenters. The summed E-state index contributed by atoms with van der Waals surface area (Å²) >= 11 is 0. The number of morpholine rings is 1. The van der Waals surface area contributed by atoms with E-state index < -0.39 is 11.8 Å². The van der Waals surface area contributed by atoms with Gasteiger partial charge in [0.2, 0.25) is 0 Å². The first-order chi connectivity index (χ1) is 10.6. The van der Waals surface area contributed by atoms with Crippen LogP contribution in [-0.2, 0) is 14.3 Å². The lowest BCUT2D eigenvalue weighted by molar-refractivity contribution is -0.136.